The van der Waals surface area contributed by atoms with Gasteiger partial charge in [-0.05, 0) is 55.6 Å². The fourth-order valence-corrected chi connectivity index (χ4v) is 2.59. The summed E-state index contributed by atoms with van der Waals surface area (Å²) in [5.41, 5.74) is 2.14. The molecule has 0 saturated heterocycles. The summed E-state index contributed by atoms with van der Waals surface area (Å²) in [7, 11) is 0. The summed E-state index contributed by atoms with van der Waals surface area (Å²) >= 11 is 5.84. The maximum Gasteiger partial charge on any atom is 0.141 e. The van der Waals surface area contributed by atoms with Gasteiger partial charge in [0.15, 0.2) is 0 Å². The molecule has 0 fully saturated rings. The van der Waals surface area contributed by atoms with Gasteiger partial charge in [-0.3, -0.25) is 4.98 Å². The Morgan fingerprint density at radius 3 is 2.81 bits per heavy atom. The van der Waals surface area contributed by atoms with Crippen LogP contribution >= 0.6 is 11.6 Å². The van der Waals surface area contributed by atoms with Gasteiger partial charge in [0.05, 0.1) is 5.02 Å². The highest BCUT2D eigenvalue weighted by Crippen LogP contribution is 2.18. The monoisotopic (exact) mass is 306 g/mol. The van der Waals surface area contributed by atoms with Gasteiger partial charge < -0.3 is 5.32 Å². The molecule has 0 spiro atoms. The largest absolute Gasteiger partial charge is 0.314 e. The molecule has 2 rings (SSSR count). The topological polar surface area (TPSA) is 24.9 Å². The highest BCUT2D eigenvalue weighted by Gasteiger charge is 2.10. The summed E-state index contributed by atoms with van der Waals surface area (Å²) in [6.07, 6.45) is 4.56. The van der Waals surface area contributed by atoms with Gasteiger partial charge in [-0.25, -0.2) is 4.39 Å². The van der Waals surface area contributed by atoms with E-state index in [1.807, 2.05) is 24.4 Å². The van der Waals surface area contributed by atoms with Crippen LogP contribution in [0.25, 0.3) is 0 Å². The van der Waals surface area contributed by atoms with Crippen LogP contribution in [0, 0.1) is 5.82 Å². The summed E-state index contributed by atoms with van der Waals surface area (Å²) in [6, 6.07) is 11.2. The molecule has 21 heavy (non-hydrogen) atoms. The van der Waals surface area contributed by atoms with Crippen molar-refractivity contribution in [2.45, 2.75) is 32.2 Å². The molecule has 2 aromatic rings. The molecule has 4 heteroatoms. The Morgan fingerprint density at radius 2 is 2.14 bits per heavy atom. The van der Waals surface area contributed by atoms with E-state index in [9.17, 15) is 4.39 Å². The third-order valence-electron chi connectivity index (χ3n) is 3.43. The lowest BCUT2D eigenvalue weighted by Crippen LogP contribution is -2.31. The molecule has 1 aromatic carbocycles. The first-order chi connectivity index (χ1) is 10.2. The Bertz CT molecular complexity index is 560. The van der Waals surface area contributed by atoms with E-state index in [1.165, 1.54) is 6.07 Å². The molecule has 2 nitrogen and oxygen atoms in total. The Hall–Kier alpha value is -1.45. The molecule has 0 saturated carbocycles. The smallest absolute Gasteiger partial charge is 0.141 e. The zero-order chi connectivity index (χ0) is 15.1. The first-order valence-corrected chi connectivity index (χ1v) is 7.64. The summed E-state index contributed by atoms with van der Waals surface area (Å²) < 4.78 is 13.2. The van der Waals surface area contributed by atoms with Crippen LogP contribution in [0.5, 0.6) is 0 Å². The van der Waals surface area contributed by atoms with E-state index < -0.39 is 0 Å². The van der Waals surface area contributed by atoms with Gasteiger partial charge in [-0.2, -0.15) is 0 Å². The van der Waals surface area contributed by atoms with Crippen molar-refractivity contribution in [3.05, 3.63) is 64.7 Å². The number of benzene rings is 1. The number of nitrogens with zero attached hydrogens (tertiary/aromatic N) is 1. The lowest BCUT2D eigenvalue weighted by atomic mass is 10.0. The highest BCUT2D eigenvalue weighted by molar-refractivity contribution is 6.30. The van der Waals surface area contributed by atoms with Crippen molar-refractivity contribution in [2.24, 2.45) is 0 Å². The van der Waals surface area contributed by atoms with Gasteiger partial charge in [0, 0.05) is 17.9 Å². The van der Waals surface area contributed by atoms with Crippen LogP contribution in [0.2, 0.25) is 5.02 Å². The van der Waals surface area contributed by atoms with Crippen LogP contribution in [-0.4, -0.2) is 17.6 Å². The molecule has 1 N–H and O–H groups in total. The average molecular weight is 307 g/mol. The Morgan fingerprint density at radius 1 is 1.29 bits per heavy atom. The second-order valence-electron chi connectivity index (χ2n) is 5.07. The molecule has 0 aliphatic rings. The third-order valence-corrected chi connectivity index (χ3v) is 3.72. The molecule has 0 radical (unpaired) electrons. The number of pyridine rings is 1. The van der Waals surface area contributed by atoms with E-state index in [4.69, 9.17) is 11.6 Å². The normalized spacial score (nSPS) is 12.3. The fourth-order valence-electron chi connectivity index (χ4n) is 2.38. The number of halogens is 2. The molecular formula is C17H20ClFN2. The molecule has 112 valence electrons. The van der Waals surface area contributed by atoms with Gasteiger partial charge in [-0.15, -0.1) is 0 Å². The van der Waals surface area contributed by atoms with Crippen molar-refractivity contribution in [2.75, 3.05) is 6.54 Å². The number of rotatable bonds is 7. The molecule has 1 aromatic heterocycles. The van der Waals surface area contributed by atoms with E-state index in [0.29, 0.717) is 6.04 Å². The molecule has 0 amide bonds. The molecule has 0 aliphatic carbocycles. The van der Waals surface area contributed by atoms with Crippen molar-refractivity contribution < 1.29 is 4.39 Å². The van der Waals surface area contributed by atoms with Gasteiger partial charge in [0.2, 0.25) is 0 Å². The van der Waals surface area contributed by atoms with E-state index >= 15 is 0 Å². The lowest BCUT2D eigenvalue weighted by Gasteiger charge is -2.18. The van der Waals surface area contributed by atoms with Crippen molar-refractivity contribution in [3.63, 3.8) is 0 Å². The summed E-state index contributed by atoms with van der Waals surface area (Å²) in [5, 5.41) is 3.66. The van der Waals surface area contributed by atoms with Gasteiger partial charge in [-0.1, -0.05) is 30.7 Å². The maximum atomic E-state index is 13.2. The molecule has 0 bridgehead atoms. The van der Waals surface area contributed by atoms with Crippen LogP contribution < -0.4 is 5.32 Å². The standard InChI is InChI=1S/C17H20ClFN2/c1-2-20-15(8-7-14-5-3-4-10-21-14)11-13-6-9-17(19)16(18)12-13/h3-6,9-10,12,15,20H,2,7-8,11H2,1H3. The highest BCUT2D eigenvalue weighted by atomic mass is 35.5. The van der Waals surface area contributed by atoms with Crippen LogP contribution in [-0.2, 0) is 12.8 Å². The summed E-state index contributed by atoms with van der Waals surface area (Å²) in [5.74, 6) is -0.367. The number of hydrogen-bond acceptors (Lipinski definition) is 2. The minimum atomic E-state index is -0.367. The Labute approximate surface area is 130 Å². The minimum Gasteiger partial charge on any atom is -0.314 e. The number of likely N-dealkylation sites (N-methyl/N-ethyl adjacent to an activating group) is 1. The quantitative estimate of drug-likeness (QED) is 0.835. The lowest BCUT2D eigenvalue weighted by molar-refractivity contribution is 0.488. The fraction of sp³-hybridized carbons (Fsp3) is 0.353. The van der Waals surface area contributed by atoms with E-state index in [-0.39, 0.29) is 10.8 Å². The SMILES string of the molecule is CCNC(CCc1ccccn1)Cc1ccc(F)c(Cl)c1. The first-order valence-electron chi connectivity index (χ1n) is 7.26. The summed E-state index contributed by atoms with van der Waals surface area (Å²) in [4.78, 5) is 4.35. The molecular weight excluding hydrogens is 287 g/mol. The molecule has 1 atom stereocenters. The zero-order valence-electron chi connectivity index (χ0n) is 12.2. The van der Waals surface area contributed by atoms with Crippen LogP contribution in [0.3, 0.4) is 0 Å². The molecule has 1 unspecified atom stereocenters. The first kappa shape index (κ1) is 15.9. The van der Waals surface area contributed by atoms with Gasteiger partial charge in [0.25, 0.3) is 0 Å². The molecule has 0 aliphatic heterocycles. The predicted octanol–water partition coefficient (Wildman–Crippen LogP) is 4.03. The van der Waals surface area contributed by atoms with E-state index in [2.05, 4.69) is 17.2 Å². The third kappa shape index (κ3) is 5.10. The van der Waals surface area contributed by atoms with Crippen LogP contribution in [0.4, 0.5) is 4.39 Å². The maximum absolute atomic E-state index is 13.2. The summed E-state index contributed by atoms with van der Waals surface area (Å²) in [6.45, 7) is 2.99. The van der Waals surface area contributed by atoms with Crippen LogP contribution in [0.1, 0.15) is 24.6 Å². The van der Waals surface area contributed by atoms with Crippen molar-refractivity contribution in [3.8, 4) is 0 Å². The van der Waals surface area contributed by atoms with Crippen molar-refractivity contribution >= 4 is 11.6 Å². The number of nitrogens with one attached hydrogen (secondary N) is 1. The van der Waals surface area contributed by atoms with Gasteiger partial charge >= 0.3 is 0 Å². The number of hydrogen-bond donors (Lipinski definition) is 1. The zero-order valence-corrected chi connectivity index (χ0v) is 12.9. The predicted molar refractivity (Wildman–Crippen MR) is 85.1 cm³/mol. The second-order valence-corrected chi connectivity index (χ2v) is 5.47. The van der Waals surface area contributed by atoms with Crippen molar-refractivity contribution in [1.82, 2.24) is 10.3 Å². The second kappa shape index (κ2) is 8.11. The van der Waals surface area contributed by atoms with E-state index in [1.54, 1.807) is 12.1 Å². The average Bonchev–Trinajstić information content (AvgIpc) is 2.50. The minimum absolute atomic E-state index is 0.187. The van der Waals surface area contributed by atoms with Gasteiger partial charge in [0.1, 0.15) is 5.82 Å². The number of aryl methyl sites for hydroxylation is 1. The molecule has 1 heterocycles. The Balaban J connectivity index is 1.96. The number of aromatic nitrogens is 1. The van der Waals surface area contributed by atoms with Crippen molar-refractivity contribution in [1.29, 1.82) is 0 Å². The van der Waals surface area contributed by atoms with E-state index in [0.717, 1.165) is 37.1 Å². The Kier molecular flexibility index (Phi) is 6.15. The van der Waals surface area contributed by atoms with Crippen LogP contribution in [0.15, 0.2) is 42.6 Å².